The summed E-state index contributed by atoms with van der Waals surface area (Å²) in [5, 5.41) is 0.513. The van der Waals surface area contributed by atoms with Gasteiger partial charge in [0, 0.05) is 6.42 Å². The van der Waals surface area contributed by atoms with E-state index < -0.39 is 0 Å². The molecule has 0 amide bonds. The number of carbonyl (C=O) groups excluding carboxylic acids is 1. The number of hydrogen-bond acceptors (Lipinski definition) is 3. The molecule has 0 aromatic heterocycles. The van der Waals surface area contributed by atoms with Crippen LogP contribution in [0.15, 0.2) is 12.1 Å². The van der Waals surface area contributed by atoms with Crippen molar-refractivity contribution < 1.29 is 14.3 Å². The maximum absolute atomic E-state index is 10.3. The second-order valence-corrected chi connectivity index (χ2v) is 3.36. The Balaban J connectivity index is 3.05. The summed E-state index contributed by atoms with van der Waals surface area (Å²) in [4.78, 5) is 10.3. The Kier molecular flexibility index (Phi) is 4.43. The highest BCUT2D eigenvalue weighted by Gasteiger charge is 2.12. The van der Waals surface area contributed by atoms with Crippen molar-refractivity contribution in [2.75, 3.05) is 14.2 Å². The number of ether oxygens (including phenoxy) is 2. The minimum Gasteiger partial charge on any atom is -0.493 e. The van der Waals surface area contributed by atoms with Gasteiger partial charge in [0.2, 0.25) is 0 Å². The first kappa shape index (κ1) is 11.9. The Morgan fingerprint density at radius 3 is 2.60 bits per heavy atom. The monoisotopic (exact) mass is 228 g/mol. The molecular formula is C11H13ClO3. The van der Waals surface area contributed by atoms with Gasteiger partial charge in [0.1, 0.15) is 6.29 Å². The second-order valence-electron chi connectivity index (χ2n) is 2.98. The molecule has 3 nitrogen and oxygen atoms in total. The van der Waals surface area contributed by atoms with Crippen LogP contribution in [0.1, 0.15) is 12.0 Å². The molecule has 0 unspecified atom stereocenters. The molecule has 0 radical (unpaired) electrons. The molecule has 0 saturated carbocycles. The molecule has 0 heterocycles. The summed E-state index contributed by atoms with van der Waals surface area (Å²) in [6.45, 7) is 0. The summed E-state index contributed by atoms with van der Waals surface area (Å²) >= 11 is 6.11. The first-order valence-electron chi connectivity index (χ1n) is 4.57. The van der Waals surface area contributed by atoms with Crippen LogP contribution in [0.25, 0.3) is 0 Å². The SMILES string of the molecule is COc1ccc(CCC=O)c(Cl)c1OC. The van der Waals surface area contributed by atoms with Crippen molar-refractivity contribution in [3.63, 3.8) is 0 Å². The molecule has 82 valence electrons. The molecule has 4 heteroatoms. The van der Waals surface area contributed by atoms with Gasteiger partial charge in [-0.1, -0.05) is 17.7 Å². The Bertz CT molecular complexity index is 350. The van der Waals surface area contributed by atoms with E-state index in [1.165, 1.54) is 7.11 Å². The fraction of sp³-hybridized carbons (Fsp3) is 0.364. The zero-order valence-electron chi connectivity index (χ0n) is 8.75. The van der Waals surface area contributed by atoms with Crippen LogP contribution in [0.4, 0.5) is 0 Å². The van der Waals surface area contributed by atoms with Crippen molar-refractivity contribution in [1.82, 2.24) is 0 Å². The van der Waals surface area contributed by atoms with Crippen LogP contribution in [0.5, 0.6) is 11.5 Å². The number of rotatable bonds is 5. The lowest BCUT2D eigenvalue weighted by Crippen LogP contribution is -1.95. The number of aryl methyl sites for hydroxylation is 1. The van der Waals surface area contributed by atoms with E-state index in [0.29, 0.717) is 29.4 Å². The van der Waals surface area contributed by atoms with Crippen molar-refractivity contribution in [2.45, 2.75) is 12.8 Å². The lowest BCUT2D eigenvalue weighted by molar-refractivity contribution is -0.107. The van der Waals surface area contributed by atoms with Crippen LogP contribution in [0.3, 0.4) is 0 Å². The van der Waals surface area contributed by atoms with Gasteiger partial charge in [-0.25, -0.2) is 0 Å². The first-order valence-corrected chi connectivity index (χ1v) is 4.95. The molecule has 0 fully saturated rings. The number of methoxy groups -OCH3 is 2. The Hall–Kier alpha value is -1.22. The molecule has 0 bridgehead atoms. The van der Waals surface area contributed by atoms with E-state index in [1.807, 2.05) is 6.07 Å². The van der Waals surface area contributed by atoms with Gasteiger partial charge < -0.3 is 14.3 Å². The maximum atomic E-state index is 10.3. The highest BCUT2D eigenvalue weighted by Crippen LogP contribution is 2.37. The predicted octanol–water partition coefficient (Wildman–Crippen LogP) is 2.49. The average Bonchev–Trinajstić information content (AvgIpc) is 2.27. The van der Waals surface area contributed by atoms with E-state index >= 15 is 0 Å². The van der Waals surface area contributed by atoms with Gasteiger partial charge in [0.25, 0.3) is 0 Å². The van der Waals surface area contributed by atoms with Crippen molar-refractivity contribution >= 4 is 17.9 Å². The quantitative estimate of drug-likeness (QED) is 0.727. The normalized spacial score (nSPS) is 9.80. The molecule has 0 aliphatic rings. The van der Waals surface area contributed by atoms with Crippen LogP contribution < -0.4 is 9.47 Å². The number of hydrogen-bond donors (Lipinski definition) is 0. The van der Waals surface area contributed by atoms with Gasteiger partial charge in [-0.3, -0.25) is 0 Å². The van der Waals surface area contributed by atoms with E-state index in [2.05, 4.69) is 0 Å². The first-order chi connectivity index (χ1) is 7.24. The average molecular weight is 229 g/mol. The van der Waals surface area contributed by atoms with Gasteiger partial charge in [0.15, 0.2) is 11.5 Å². The van der Waals surface area contributed by atoms with Gasteiger partial charge in [-0.05, 0) is 18.1 Å². The Morgan fingerprint density at radius 2 is 2.07 bits per heavy atom. The molecular weight excluding hydrogens is 216 g/mol. The fourth-order valence-electron chi connectivity index (χ4n) is 1.34. The van der Waals surface area contributed by atoms with Crippen molar-refractivity contribution in [1.29, 1.82) is 0 Å². The zero-order chi connectivity index (χ0) is 11.3. The maximum Gasteiger partial charge on any atom is 0.179 e. The van der Waals surface area contributed by atoms with Gasteiger partial charge in [-0.15, -0.1) is 0 Å². The van der Waals surface area contributed by atoms with E-state index in [-0.39, 0.29) is 0 Å². The molecule has 1 aromatic carbocycles. The van der Waals surface area contributed by atoms with E-state index in [1.54, 1.807) is 13.2 Å². The third kappa shape index (κ3) is 2.63. The van der Waals surface area contributed by atoms with Crippen molar-refractivity contribution in [2.24, 2.45) is 0 Å². The third-order valence-electron chi connectivity index (χ3n) is 2.10. The zero-order valence-corrected chi connectivity index (χ0v) is 9.50. The number of aldehydes is 1. The topological polar surface area (TPSA) is 35.5 Å². The molecule has 0 atom stereocenters. The van der Waals surface area contributed by atoms with E-state index in [0.717, 1.165) is 11.8 Å². The summed E-state index contributed by atoms with van der Waals surface area (Å²) < 4.78 is 10.2. The summed E-state index contributed by atoms with van der Waals surface area (Å²) in [5.41, 5.74) is 0.890. The van der Waals surface area contributed by atoms with Crippen LogP contribution in [0.2, 0.25) is 5.02 Å². The Labute approximate surface area is 93.9 Å². The highest BCUT2D eigenvalue weighted by atomic mass is 35.5. The highest BCUT2D eigenvalue weighted by molar-refractivity contribution is 6.33. The summed E-state index contributed by atoms with van der Waals surface area (Å²) in [6.07, 6.45) is 1.94. The summed E-state index contributed by atoms with van der Waals surface area (Å²) in [7, 11) is 3.09. The molecule has 0 N–H and O–H groups in total. The minimum absolute atomic E-state index is 0.454. The predicted molar refractivity (Wildman–Crippen MR) is 58.9 cm³/mol. The van der Waals surface area contributed by atoms with Crippen LogP contribution >= 0.6 is 11.6 Å². The van der Waals surface area contributed by atoms with E-state index in [4.69, 9.17) is 21.1 Å². The smallest absolute Gasteiger partial charge is 0.179 e. The third-order valence-corrected chi connectivity index (χ3v) is 2.51. The standard InChI is InChI=1S/C11H13ClO3/c1-14-9-6-5-8(4-3-7-13)10(12)11(9)15-2/h5-7H,3-4H2,1-2H3. The molecule has 1 rings (SSSR count). The fourth-order valence-corrected chi connectivity index (χ4v) is 1.67. The van der Waals surface area contributed by atoms with Crippen LogP contribution in [-0.2, 0) is 11.2 Å². The van der Waals surface area contributed by atoms with Crippen molar-refractivity contribution in [3.05, 3.63) is 22.7 Å². The molecule has 1 aromatic rings. The molecule has 0 saturated heterocycles. The lowest BCUT2D eigenvalue weighted by Gasteiger charge is -2.11. The van der Waals surface area contributed by atoms with Gasteiger partial charge >= 0.3 is 0 Å². The van der Waals surface area contributed by atoms with E-state index in [9.17, 15) is 4.79 Å². The molecule has 0 aliphatic heterocycles. The number of halogens is 1. The molecule has 0 aliphatic carbocycles. The van der Waals surface area contributed by atoms with Crippen LogP contribution in [-0.4, -0.2) is 20.5 Å². The van der Waals surface area contributed by atoms with Crippen LogP contribution in [0, 0.1) is 0 Å². The molecule has 15 heavy (non-hydrogen) atoms. The second kappa shape index (κ2) is 5.61. The van der Waals surface area contributed by atoms with Gasteiger partial charge in [0.05, 0.1) is 19.2 Å². The molecule has 0 spiro atoms. The van der Waals surface area contributed by atoms with Gasteiger partial charge in [-0.2, -0.15) is 0 Å². The largest absolute Gasteiger partial charge is 0.493 e. The van der Waals surface area contributed by atoms with Crippen molar-refractivity contribution in [3.8, 4) is 11.5 Å². The summed E-state index contributed by atoms with van der Waals surface area (Å²) in [5.74, 6) is 1.11. The lowest BCUT2D eigenvalue weighted by atomic mass is 10.1. The minimum atomic E-state index is 0.454. The number of benzene rings is 1. The Morgan fingerprint density at radius 1 is 1.33 bits per heavy atom. The number of carbonyl (C=O) groups is 1. The summed E-state index contributed by atoms with van der Waals surface area (Å²) in [6, 6.07) is 3.62.